The van der Waals surface area contributed by atoms with Gasteiger partial charge in [-0.2, -0.15) is 13.2 Å². The van der Waals surface area contributed by atoms with Crippen molar-refractivity contribution in [1.29, 1.82) is 0 Å². The van der Waals surface area contributed by atoms with E-state index < -0.39 is 33.4 Å². The van der Waals surface area contributed by atoms with Crippen LogP contribution in [0.15, 0.2) is 12.1 Å². The van der Waals surface area contributed by atoms with Gasteiger partial charge in [0, 0.05) is 0 Å². The van der Waals surface area contributed by atoms with Crippen molar-refractivity contribution >= 4 is 28.4 Å². The Bertz CT molecular complexity index is 414. The molecule has 0 unspecified atom stereocenters. The molecular weight excluding hydrogens is 259 g/mol. The summed E-state index contributed by atoms with van der Waals surface area (Å²) >= 11 is 10.2. The molecular formula is C8H2Cl2F4O. The van der Waals surface area contributed by atoms with Crippen molar-refractivity contribution in [2.45, 2.75) is 6.18 Å². The SMILES string of the molecule is O=C(Cl)c1cc(Cl)c(C(F)(F)F)cc1F. The first-order valence-corrected chi connectivity index (χ1v) is 4.25. The van der Waals surface area contributed by atoms with Gasteiger partial charge >= 0.3 is 6.18 Å². The van der Waals surface area contributed by atoms with E-state index >= 15 is 0 Å². The van der Waals surface area contributed by atoms with E-state index in [1.54, 1.807) is 0 Å². The van der Waals surface area contributed by atoms with Gasteiger partial charge < -0.3 is 0 Å². The highest BCUT2D eigenvalue weighted by Crippen LogP contribution is 2.36. The molecule has 0 aliphatic rings. The average molecular weight is 261 g/mol. The third-order valence-electron chi connectivity index (χ3n) is 1.57. The van der Waals surface area contributed by atoms with Crippen molar-refractivity contribution in [3.05, 3.63) is 34.1 Å². The van der Waals surface area contributed by atoms with E-state index in [2.05, 4.69) is 0 Å². The molecule has 1 aromatic carbocycles. The van der Waals surface area contributed by atoms with Gasteiger partial charge in [-0.05, 0) is 23.7 Å². The minimum Gasteiger partial charge on any atom is -0.275 e. The van der Waals surface area contributed by atoms with Crippen molar-refractivity contribution in [3.8, 4) is 0 Å². The standard InChI is InChI=1S/C8H2Cl2F4O/c9-5-1-3(7(10)15)6(11)2-4(5)8(12,13)14/h1-2H. The van der Waals surface area contributed by atoms with Gasteiger partial charge in [0.05, 0.1) is 16.1 Å². The number of hydrogen-bond acceptors (Lipinski definition) is 1. The topological polar surface area (TPSA) is 17.1 Å². The van der Waals surface area contributed by atoms with Crippen molar-refractivity contribution in [2.75, 3.05) is 0 Å². The lowest BCUT2D eigenvalue weighted by atomic mass is 10.1. The van der Waals surface area contributed by atoms with E-state index in [-0.39, 0.29) is 6.07 Å². The second kappa shape index (κ2) is 3.98. The van der Waals surface area contributed by atoms with Crippen molar-refractivity contribution in [2.24, 2.45) is 0 Å². The summed E-state index contributed by atoms with van der Waals surface area (Å²) in [6.45, 7) is 0. The summed E-state index contributed by atoms with van der Waals surface area (Å²) in [4.78, 5) is 10.6. The van der Waals surface area contributed by atoms with Crippen LogP contribution in [-0.4, -0.2) is 5.24 Å². The summed E-state index contributed by atoms with van der Waals surface area (Å²) in [6.07, 6.45) is -4.77. The van der Waals surface area contributed by atoms with E-state index in [0.29, 0.717) is 6.07 Å². The van der Waals surface area contributed by atoms with Gasteiger partial charge in [0.1, 0.15) is 5.82 Å². The smallest absolute Gasteiger partial charge is 0.275 e. The summed E-state index contributed by atoms with van der Waals surface area (Å²) < 4.78 is 49.5. The molecule has 0 bridgehead atoms. The highest BCUT2D eigenvalue weighted by Gasteiger charge is 2.34. The molecule has 7 heteroatoms. The van der Waals surface area contributed by atoms with Gasteiger partial charge in [0.25, 0.3) is 5.24 Å². The Hall–Kier alpha value is -0.810. The van der Waals surface area contributed by atoms with Gasteiger partial charge in [0.15, 0.2) is 0 Å². The monoisotopic (exact) mass is 260 g/mol. The zero-order valence-electron chi connectivity index (χ0n) is 6.83. The molecule has 0 heterocycles. The largest absolute Gasteiger partial charge is 0.417 e. The lowest BCUT2D eigenvalue weighted by Crippen LogP contribution is -2.08. The highest BCUT2D eigenvalue weighted by molar-refractivity contribution is 6.67. The molecule has 15 heavy (non-hydrogen) atoms. The number of carbonyl (C=O) groups excluding carboxylic acids is 1. The van der Waals surface area contributed by atoms with Gasteiger partial charge in [-0.15, -0.1) is 0 Å². The maximum absolute atomic E-state index is 12.9. The summed E-state index contributed by atoms with van der Waals surface area (Å²) in [5.74, 6) is -1.35. The van der Waals surface area contributed by atoms with Crippen LogP contribution in [0.2, 0.25) is 5.02 Å². The molecule has 0 radical (unpaired) electrons. The molecule has 1 aromatic rings. The fourth-order valence-electron chi connectivity index (χ4n) is 0.915. The maximum atomic E-state index is 12.9. The number of benzene rings is 1. The minimum atomic E-state index is -4.77. The second-order valence-corrected chi connectivity index (χ2v) is 3.33. The lowest BCUT2D eigenvalue weighted by molar-refractivity contribution is -0.137. The van der Waals surface area contributed by atoms with E-state index in [1.165, 1.54) is 0 Å². The van der Waals surface area contributed by atoms with E-state index in [0.717, 1.165) is 0 Å². The molecule has 0 saturated heterocycles. The number of rotatable bonds is 1. The van der Waals surface area contributed by atoms with Crippen LogP contribution < -0.4 is 0 Å². The number of carbonyl (C=O) groups is 1. The van der Waals surface area contributed by atoms with E-state index in [4.69, 9.17) is 23.2 Å². The van der Waals surface area contributed by atoms with Crippen molar-refractivity contribution < 1.29 is 22.4 Å². The Morgan fingerprint density at radius 2 is 1.80 bits per heavy atom. The normalized spacial score (nSPS) is 11.6. The van der Waals surface area contributed by atoms with Gasteiger partial charge in [-0.25, -0.2) is 4.39 Å². The molecule has 0 atom stereocenters. The molecule has 0 fully saturated rings. The van der Waals surface area contributed by atoms with Crippen LogP contribution in [0.25, 0.3) is 0 Å². The number of halogens is 6. The Kier molecular flexibility index (Phi) is 3.25. The maximum Gasteiger partial charge on any atom is 0.417 e. The second-order valence-electron chi connectivity index (χ2n) is 2.58. The molecule has 0 aliphatic heterocycles. The van der Waals surface area contributed by atoms with Gasteiger partial charge in [0.2, 0.25) is 0 Å². The summed E-state index contributed by atoms with van der Waals surface area (Å²) in [5, 5.41) is -1.98. The molecule has 1 nitrogen and oxygen atoms in total. The first kappa shape index (κ1) is 12.3. The first-order chi connectivity index (χ1) is 6.73. The fraction of sp³-hybridized carbons (Fsp3) is 0.125. The molecule has 0 spiro atoms. The summed E-state index contributed by atoms with van der Waals surface area (Å²) in [7, 11) is 0. The van der Waals surface area contributed by atoms with Gasteiger partial charge in [-0.3, -0.25) is 4.79 Å². The quantitative estimate of drug-likeness (QED) is 0.553. The van der Waals surface area contributed by atoms with E-state index in [1.807, 2.05) is 0 Å². The Morgan fingerprint density at radius 3 is 2.20 bits per heavy atom. The van der Waals surface area contributed by atoms with Crippen LogP contribution in [0.5, 0.6) is 0 Å². The number of hydrogen-bond donors (Lipinski definition) is 0. The third-order valence-corrected chi connectivity index (χ3v) is 2.09. The van der Waals surface area contributed by atoms with Crippen LogP contribution in [0.4, 0.5) is 17.6 Å². The molecule has 0 N–H and O–H groups in total. The molecule has 0 aromatic heterocycles. The van der Waals surface area contributed by atoms with E-state index in [9.17, 15) is 22.4 Å². The zero-order chi connectivity index (χ0) is 11.8. The predicted octanol–water partition coefficient (Wildman–Crippen LogP) is 3.88. The van der Waals surface area contributed by atoms with Crippen LogP contribution in [0.3, 0.4) is 0 Å². The Morgan fingerprint density at radius 1 is 1.27 bits per heavy atom. The highest BCUT2D eigenvalue weighted by atomic mass is 35.5. The van der Waals surface area contributed by atoms with Crippen LogP contribution >= 0.6 is 23.2 Å². The summed E-state index contributed by atoms with van der Waals surface area (Å²) in [5.41, 5.74) is -2.03. The first-order valence-electron chi connectivity index (χ1n) is 3.49. The molecule has 1 rings (SSSR count). The minimum absolute atomic E-state index is 0.137. The lowest BCUT2D eigenvalue weighted by Gasteiger charge is -2.09. The van der Waals surface area contributed by atoms with Crippen LogP contribution in [0.1, 0.15) is 15.9 Å². The Balaban J connectivity index is 3.39. The number of alkyl halides is 3. The Labute approximate surface area is 91.6 Å². The molecule has 0 saturated carbocycles. The third kappa shape index (κ3) is 2.60. The predicted molar refractivity (Wildman–Crippen MR) is 46.6 cm³/mol. The van der Waals surface area contributed by atoms with Crippen molar-refractivity contribution in [1.82, 2.24) is 0 Å². The van der Waals surface area contributed by atoms with Gasteiger partial charge in [-0.1, -0.05) is 11.6 Å². The molecule has 0 aliphatic carbocycles. The van der Waals surface area contributed by atoms with Crippen LogP contribution in [-0.2, 0) is 6.18 Å². The average Bonchev–Trinajstić information content (AvgIpc) is 2.06. The summed E-state index contributed by atoms with van der Waals surface area (Å²) in [6, 6.07) is 0.687. The molecule has 82 valence electrons. The molecule has 0 amide bonds. The zero-order valence-corrected chi connectivity index (χ0v) is 8.34. The van der Waals surface area contributed by atoms with Crippen LogP contribution in [0, 0.1) is 5.82 Å². The fourth-order valence-corrected chi connectivity index (χ4v) is 1.33. The van der Waals surface area contributed by atoms with Crippen molar-refractivity contribution in [3.63, 3.8) is 0 Å².